The molecule has 0 aliphatic carbocycles. The predicted molar refractivity (Wildman–Crippen MR) is 180 cm³/mol. The van der Waals surface area contributed by atoms with Gasteiger partial charge in [-0.05, 0) is 74.1 Å². The molecule has 0 aliphatic heterocycles. The highest BCUT2D eigenvalue weighted by molar-refractivity contribution is 7.09. The minimum atomic E-state index is -1.07. The molecule has 7 nitrogen and oxygen atoms in total. The number of benzene rings is 3. The van der Waals surface area contributed by atoms with E-state index in [-0.39, 0.29) is 23.8 Å². The van der Waals surface area contributed by atoms with E-state index < -0.39 is 5.97 Å². The Morgan fingerprint density at radius 1 is 0.977 bits per heavy atom. The molecular formula is C36H43N3O4S. The van der Waals surface area contributed by atoms with Gasteiger partial charge in [0.1, 0.15) is 17.4 Å². The number of aromatic nitrogens is 1. The Balaban J connectivity index is 1.42. The highest BCUT2D eigenvalue weighted by atomic mass is 32.1. The lowest BCUT2D eigenvalue weighted by atomic mass is 9.90. The van der Waals surface area contributed by atoms with Gasteiger partial charge in [0, 0.05) is 36.1 Å². The molecule has 1 aromatic heterocycles. The maximum atomic E-state index is 11.6. The molecule has 0 unspecified atom stereocenters. The molecule has 0 bridgehead atoms. The number of thiazole rings is 1. The largest absolute Gasteiger partial charge is 0.484 e. The van der Waals surface area contributed by atoms with Crippen LogP contribution in [0, 0.1) is 0 Å². The number of hydrogen-bond acceptors (Lipinski definition) is 6. The summed E-state index contributed by atoms with van der Waals surface area (Å²) in [6.07, 6.45) is 4.89. The van der Waals surface area contributed by atoms with Crippen LogP contribution >= 0.6 is 11.3 Å². The Bertz CT molecular complexity index is 1520. The molecule has 2 N–H and O–H groups in total. The van der Waals surface area contributed by atoms with Gasteiger partial charge < -0.3 is 20.1 Å². The van der Waals surface area contributed by atoms with Gasteiger partial charge in [0.05, 0.1) is 16.9 Å². The molecule has 1 heterocycles. The Hall–Kier alpha value is -4.17. The van der Waals surface area contributed by atoms with Crippen molar-refractivity contribution in [3.05, 3.63) is 93.8 Å². The van der Waals surface area contributed by atoms with Crippen LogP contribution in [0.25, 0.3) is 11.3 Å². The molecule has 4 aromatic rings. The average molecular weight is 614 g/mol. The summed E-state index contributed by atoms with van der Waals surface area (Å²) in [6, 6.07) is 22.4. The summed E-state index contributed by atoms with van der Waals surface area (Å²) in [6.45, 7) is 11.3. The number of carbonyl (C=O) groups excluding carboxylic acids is 1. The fraction of sp³-hybridized carbons (Fsp3) is 0.361. The van der Waals surface area contributed by atoms with Crippen LogP contribution in [0.1, 0.15) is 92.7 Å². The van der Waals surface area contributed by atoms with Gasteiger partial charge in [-0.25, -0.2) is 9.78 Å². The second kappa shape index (κ2) is 15.5. The molecule has 44 heavy (non-hydrogen) atoms. The molecule has 3 aromatic carbocycles. The number of anilines is 2. The summed E-state index contributed by atoms with van der Waals surface area (Å²) < 4.78 is 5.90. The lowest BCUT2D eigenvalue weighted by Crippen LogP contribution is -2.30. The molecule has 0 saturated carbocycles. The summed E-state index contributed by atoms with van der Waals surface area (Å²) in [5, 5.41) is 14.8. The van der Waals surface area contributed by atoms with E-state index in [1.807, 2.05) is 5.38 Å². The molecule has 0 atom stereocenters. The van der Waals surface area contributed by atoms with Gasteiger partial charge >= 0.3 is 5.97 Å². The van der Waals surface area contributed by atoms with Gasteiger partial charge in [-0.2, -0.15) is 0 Å². The van der Waals surface area contributed by atoms with Gasteiger partial charge in [0.2, 0.25) is 5.91 Å². The van der Waals surface area contributed by atoms with Crippen LogP contribution in [-0.4, -0.2) is 28.0 Å². The van der Waals surface area contributed by atoms with Crippen LogP contribution in [0.5, 0.6) is 5.75 Å². The minimum absolute atomic E-state index is 0.0784. The molecule has 1 amide bonds. The third-order valence-corrected chi connectivity index (χ3v) is 8.46. The molecule has 0 radical (unpaired) electrons. The Morgan fingerprint density at radius 3 is 2.25 bits per heavy atom. The van der Waals surface area contributed by atoms with Crippen molar-refractivity contribution in [3.63, 3.8) is 0 Å². The van der Waals surface area contributed by atoms with Crippen molar-refractivity contribution >= 4 is 34.6 Å². The third kappa shape index (κ3) is 8.69. The number of aromatic carboxylic acids is 1. The molecule has 4 rings (SSSR count). The summed E-state index contributed by atoms with van der Waals surface area (Å²) in [7, 11) is 0. The molecule has 0 spiro atoms. The van der Waals surface area contributed by atoms with Crippen molar-refractivity contribution in [1.29, 1.82) is 0 Å². The number of ether oxygens (including phenoxy) is 1. The maximum absolute atomic E-state index is 11.6. The second-order valence-corrected chi connectivity index (χ2v) is 12.3. The number of hydrogen-bond donors (Lipinski definition) is 2. The van der Waals surface area contributed by atoms with Gasteiger partial charge in [-0.15, -0.1) is 11.3 Å². The van der Waals surface area contributed by atoms with E-state index in [4.69, 9.17) is 9.72 Å². The fourth-order valence-electron chi connectivity index (χ4n) is 5.38. The molecule has 232 valence electrons. The van der Waals surface area contributed by atoms with Crippen LogP contribution in [-0.2, 0) is 17.9 Å². The first-order valence-corrected chi connectivity index (χ1v) is 16.2. The van der Waals surface area contributed by atoms with Crippen LogP contribution in [0.2, 0.25) is 0 Å². The van der Waals surface area contributed by atoms with E-state index in [0.29, 0.717) is 17.6 Å². The summed E-state index contributed by atoms with van der Waals surface area (Å²) >= 11 is 1.47. The van der Waals surface area contributed by atoms with Crippen molar-refractivity contribution in [2.45, 2.75) is 85.4 Å². The van der Waals surface area contributed by atoms with Crippen molar-refractivity contribution < 1.29 is 19.4 Å². The van der Waals surface area contributed by atoms with Crippen molar-refractivity contribution in [2.24, 2.45) is 0 Å². The van der Waals surface area contributed by atoms with Crippen molar-refractivity contribution in [2.75, 3.05) is 10.2 Å². The predicted octanol–water partition coefficient (Wildman–Crippen LogP) is 9.14. The van der Waals surface area contributed by atoms with E-state index in [1.165, 1.54) is 79.0 Å². The van der Waals surface area contributed by atoms with Gasteiger partial charge in [-0.3, -0.25) is 4.79 Å². The molecular weight excluding hydrogens is 570 g/mol. The quantitative estimate of drug-likeness (QED) is 0.139. The SMILES string of the molecule is CCCC(CCC)c1ccc(N(Cc2ccc(-c3csc(COc4cc(C(=O)O)ccc4NC(C)=O)n3)cc2)C(C)C)cc1. The highest BCUT2D eigenvalue weighted by Gasteiger charge is 2.16. The zero-order valence-electron chi connectivity index (χ0n) is 26.3. The zero-order valence-corrected chi connectivity index (χ0v) is 27.1. The lowest BCUT2D eigenvalue weighted by molar-refractivity contribution is -0.114. The van der Waals surface area contributed by atoms with Crippen molar-refractivity contribution in [1.82, 2.24) is 4.98 Å². The van der Waals surface area contributed by atoms with Crippen LogP contribution in [0.3, 0.4) is 0 Å². The second-order valence-electron chi connectivity index (χ2n) is 11.4. The molecule has 8 heteroatoms. The van der Waals surface area contributed by atoms with E-state index in [2.05, 4.69) is 86.4 Å². The van der Waals surface area contributed by atoms with Gasteiger partial charge in [0.25, 0.3) is 0 Å². The number of nitrogens with one attached hydrogen (secondary N) is 1. The molecule has 0 aliphatic rings. The third-order valence-electron chi connectivity index (χ3n) is 7.64. The Morgan fingerprint density at radius 2 is 1.66 bits per heavy atom. The lowest BCUT2D eigenvalue weighted by Gasteiger charge is -2.30. The first kappa shape index (κ1) is 32.7. The maximum Gasteiger partial charge on any atom is 0.335 e. The van der Waals surface area contributed by atoms with E-state index >= 15 is 0 Å². The minimum Gasteiger partial charge on any atom is -0.484 e. The summed E-state index contributed by atoms with van der Waals surface area (Å²) in [5.74, 6) is -0.412. The van der Waals surface area contributed by atoms with Crippen LogP contribution in [0.15, 0.2) is 72.1 Å². The Kier molecular flexibility index (Phi) is 11.6. The zero-order chi connectivity index (χ0) is 31.6. The number of carboxylic acids is 1. The monoisotopic (exact) mass is 613 g/mol. The number of carboxylic acid groups (broad SMARTS) is 1. The van der Waals surface area contributed by atoms with E-state index in [9.17, 15) is 14.7 Å². The van der Waals surface area contributed by atoms with Gasteiger partial charge in [0.15, 0.2) is 0 Å². The highest BCUT2D eigenvalue weighted by Crippen LogP contribution is 2.31. The fourth-order valence-corrected chi connectivity index (χ4v) is 6.09. The normalized spacial score (nSPS) is 11.2. The van der Waals surface area contributed by atoms with E-state index in [0.717, 1.165) is 22.8 Å². The van der Waals surface area contributed by atoms with Crippen molar-refractivity contribution in [3.8, 4) is 17.0 Å². The topological polar surface area (TPSA) is 91.8 Å². The smallest absolute Gasteiger partial charge is 0.335 e. The number of carbonyl (C=O) groups is 2. The van der Waals surface area contributed by atoms with E-state index in [1.54, 1.807) is 0 Å². The summed E-state index contributed by atoms with van der Waals surface area (Å²) in [4.78, 5) is 30.2. The number of amides is 1. The molecule has 0 fully saturated rings. The molecule has 0 saturated heterocycles. The van der Waals surface area contributed by atoms with Crippen LogP contribution < -0.4 is 15.0 Å². The number of rotatable bonds is 15. The van der Waals surface area contributed by atoms with Crippen LogP contribution in [0.4, 0.5) is 11.4 Å². The first-order chi connectivity index (χ1) is 21.2. The Labute approximate surface area is 264 Å². The van der Waals surface area contributed by atoms with Gasteiger partial charge in [-0.1, -0.05) is 63.1 Å². The standard InChI is InChI=1S/C36H43N3O4S/c1-6-8-27(9-7-2)28-14-17-31(18-15-28)39(24(3)4)21-26-10-12-29(13-11-26)33-23-44-35(38-33)22-43-34-20-30(36(41)42)16-19-32(34)37-25(5)40/h10-20,23-24,27H,6-9,21-22H2,1-5H3,(H,37,40)(H,41,42). The average Bonchev–Trinajstić information content (AvgIpc) is 3.48. The number of nitrogens with zero attached hydrogens (tertiary/aromatic N) is 2. The summed E-state index contributed by atoms with van der Waals surface area (Å²) in [5.41, 5.74) is 6.27. The first-order valence-electron chi connectivity index (χ1n) is 15.4.